The SMILES string of the molecule is Cc1cccc(C(=O)N2CCCC2)c1NC(=O)c1ccc(SCCC(C)C)c([N+](=O)[O-])c1. The summed E-state index contributed by atoms with van der Waals surface area (Å²) in [6.07, 6.45) is 2.90. The Balaban J connectivity index is 1.83. The second-order valence-corrected chi connectivity index (χ2v) is 9.56. The molecule has 0 spiro atoms. The highest BCUT2D eigenvalue weighted by molar-refractivity contribution is 7.99. The van der Waals surface area contributed by atoms with Gasteiger partial charge < -0.3 is 10.2 Å². The lowest BCUT2D eigenvalue weighted by Crippen LogP contribution is -2.29. The van der Waals surface area contributed by atoms with Crippen molar-refractivity contribution in [3.05, 3.63) is 63.2 Å². The summed E-state index contributed by atoms with van der Waals surface area (Å²) < 4.78 is 0. The van der Waals surface area contributed by atoms with E-state index in [1.165, 1.54) is 17.8 Å². The molecular formula is C24H29N3O4S. The van der Waals surface area contributed by atoms with E-state index >= 15 is 0 Å². The van der Waals surface area contributed by atoms with Crippen LogP contribution in [0.3, 0.4) is 0 Å². The molecule has 2 aromatic rings. The Hall–Kier alpha value is -2.87. The van der Waals surface area contributed by atoms with Crippen molar-refractivity contribution in [2.24, 2.45) is 5.92 Å². The maximum atomic E-state index is 13.0. The molecule has 1 aliphatic rings. The van der Waals surface area contributed by atoms with E-state index in [9.17, 15) is 19.7 Å². The third kappa shape index (κ3) is 5.68. The van der Waals surface area contributed by atoms with Crippen LogP contribution in [-0.2, 0) is 0 Å². The smallest absolute Gasteiger partial charge is 0.283 e. The first-order chi connectivity index (χ1) is 15.3. The lowest BCUT2D eigenvalue weighted by atomic mass is 10.1. The van der Waals surface area contributed by atoms with Gasteiger partial charge in [0.05, 0.1) is 21.1 Å². The first-order valence-electron chi connectivity index (χ1n) is 10.9. The van der Waals surface area contributed by atoms with Crippen LogP contribution in [0, 0.1) is 23.0 Å². The minimum Gasteiger partial charge on any atom is -0.339 e. The summed E-state index contributed by atoms with van der Waals surface area (Å²) in [4.78, 5) is 39.4. The summed E-state index contributed by atoms with van der Waals surface area (Å²) >= 11 is 1.43. The van der Waals surface area contributed by atoms with Crippen molar-refractivity contribution in [1.29, 1.82) is 0 Å². The van der Waals surface area contributed by atoms with Crippen molar-refractivity contribution in [1.82, 2.24) is 4.90 Å². The highest BCUT2D eigenvalue weighted by Crippen LogP contribution is 2.32. The fraction of sp³-hybridized carbons (Fsp3) is 0.417. The van der Waals surface area contributed by atoms with Gasteiger partial charge in [-0.2, -0.15) is 0 Å². The number of carbonyl (C=O) groups excluding carboxylic acids is 2. The van der Waals surface area contributed by atoms with E-state index in [0.29, 0.717) is 35.2 Å². The Morgan fingerprint density at radius 2 is 1.91 bits per heavy atom. The third-order valence-corrected chi connectivity index (χ3v) is 6.60. The summed E-state index contributed by atoms with van der Waals surface area (Å²) in [7, 11) is 0. The molecule has 0 bridgehead atoms. The number of rotatable bonds is 8. The zero-order valence-electron chi connectivity index (χ0n) is 18.7. The van der Waals surface area contributed by atoms with E-state index in [1.54, 1.807) is 29.2 Å². The molecule has 32 heavy (non-hydrogen) atoms. The lowest BCUT2D eigenvalue weighted by molar-refractivity contribution is -0.387. The average molecular weight is 456 g/mol. The Kier molecular flexibility index (Phi) is 7.90. The maximum Gasteiger partial charge on any atom is 0.283 e. The van der Waals surface area contributed by atoms with Gasteiger partial charge in [-0.25, -0.2) is 0 Å². The molecule has 1 saturated heterocycles. The van der Waals surface area contributed by atoms with E-state index in [0.717, 1.165) is 30.6 Å². The molecule has 0 aliphatic carbocycles. The van der Waals surface area contributed by atoms with Crippen LogP contribution < -0.4 is 5.32 Å². The molecule has 0 atom stereocenters. The topological polar surface area (TPSA) is 92.6 Å². The van der Waals surface area contributed by atoms with Gasteiger partial charge in [0.25, 0.3) is 17.5 Å². The number of thioether (sulfide) groups is 1. The summed E-state index contributed by atoms with van der Waals surface area (Å²) in [6, 6.07) is 9.87. The maximum absolute atomic E-state index is 13.0. The highest BCUT2D eigenvalue weighted by atomic mass is 32.2. The number of nitrogens with one attached hydrogen (secondary N) is 1. The lowest BCUT2D eigenvalue weighted by Gasteiger charge is -2.19. The largest absolute Gasteiger partial charge is 0.339 e. The van der Waals surface area contributed by atoms with Crippen LogP contribution in [0.4, 0.5) is 11.4 Å². The van der Waals surface area contributed by atoms with Gasteiger partial charge in [-0.05, 0) is 61.6 Å². The van der Waals surface area contributed by atoms with E-state index in [4.69, 9.17) is 0 Å². The highest BCUT2D eigenvalue weighted by Gasteiger charge is 2.24. The second-order valence-electron chi connectivity index (χ2n) is 8.42. The first kappa shape index (κ1) is 23.8. The third-order valence-electron chi connectivity index (χ3n) is 5.51. The molecule has 0 unspecified atom stereocenters. The zero-order chi connectivity index (χ0) is 23.3. The predicted octanol–water partition coefficient (Wildman–Crippen LogP) is 5.53. The fourth-order valence-electron chi connectivity index (χ4n) is 3.62. The van der Waals surface area contributed by atoms with Gasteiger partial charge in [-0.15, -0.1) is 11.8 Å². The normalized spacial score (nSPS) is 13.4. The Labute approximate surface area is 192 Å². The van der Waals surface area contributed by atoms with E-state index in [2.05, 4.69) is 19.2 Å². The van der Waals surface area contributed by atoms with Crippen molar-refractivity contribution >= 4 is 35.0 Å². The van der Waals surface area contributed by atoms with Crippen LogP contribution in [0.2, 0.25) is 0 Å². The number of anilines is 1. The number of para-hydroxylation sites is 1. The van der Waals surface area contributed by atoms with Crippen molar-refractivity contribution in [2.75, 3.05) is 24.2 Å². The molecule has 3 rings (SSSR count). The number of nitro groups is 1. The predicted molar refractivity (Wildman–Crippen MR) is 128 cm³/mol. The summed E-state index contributed by atoms with van der Waals surface area (Å²) in [5.74, 6) is 0.703. The Morgan fingerprint density at radius 1 is 1.19 bits per heavy atom. The van der Waals surface area contributed by atoms with E-state index in [1.807, 2.05) is 13.0 Å². The first-order valence-corrected chi connectivity index (χ1v) is 11.9. The molecule has 7 nitrogen and oxygen atoms in total. The summed E-state index contributed by atoms with van der Waals surface area (Å²) in [5.41, 5.74) is 1.76. The zero-order valence-corrected chi connectivity index (χ0v) is 19.5. The van der Waals surface area contributed by atoms with Crippen LogP contribution in [0.5, 0.6) is 0 Å². The van der Waals surface area contributed by atoms with Gasteiger partial charge in [0.2, 0.25) is 0 Å². The van der Waals surface area contributed by atoms with Gasteiger partial charge in [0.1, 0.15) is 0 Å². The molecule has 0 aromatic heterocycles. The molecule has 2 aromatic carbocycles. The summed E-state index contributed by atoms with van der Waals surface area (Å²) in [6.45, 7) is 7.46. The molecule has 1 heterocycles. The molecule has 1 fully saturated rings. The van der Waals surface area contributed by atoms with Crippen molar-refractivity contribution in [3.63, 3.8) is 0 Å². The van der Waals surface area contributed by atoms with Crippen molar-refractivity contribution in [3.8, 4) is 0 Å². The number of benzene rings is 2. The number of carbonyl (C=O) groups is 2. The van der Waals surface area contributed by atoms with Crippen LogP contribution in [0.25, 0.3) is 0 Å². The van der Waals surface area contributed by atoms with E-state index in [-0.39, 0.29) is 17.2 Å². The van der Waals surface area contributed by atoms with Crippen molar-refractivity contribution < 1.29 is 14.5 Å². The molecule has 8 heteroatoms. The number of likely N-dealkylation sites (tertiary alicyclic amines) is 1. The quantitative estimate of drug-likeness (QED) is 0.321. The van der Waals surface area contributed by atoms with Crippen LogP contribution in [-0.4, -0.2) is 40.5 Å². The second kappa shape index (κ2) is 10.6. The Bertz CT molecular complexity index is 1020. The number of nitro benzene ring substituents is 1. The molecule has 0 radical (unpaired) electrons. The van der Waals surface area contributed by atoms with E-state index < -0.39 is 10.8 Å². The molecule has 0 saturated carbocycles. The molecule has 1 N–H and O–H groups in total. The monoisotopic (exact) mass is 455 g/mol. The minimum absolute atomic E-state index is 0.0791. The number of amides is 2. The van der Waals surface area contributed by atoms with Gasteiger partial charge in [-0.1, -0.05) is 26.0 Å². The average Bonchev–Trinajstić information content (AvgIpc) is 3.29. The Morgan fingerprint density at radius 3 is 2.56 bits per heavy atom. The van der Waals surface area contributed by atoms with Gasteiger partial charge in [-0.3, -0.25) is 19.7 Å². The molecule has 170 valence electrons. The van der Waals surface area contributed by atoms with Crippen LogP contribution >= 0.6 is 11.8 Å². The fourth-order valence-corrected chi connectivity index (χ4v) is 4.87. The standard InChI is InChI=1S/C24H29N3O4S/c1-16(2)11-14-32-21-10-9-18(15-20(21)27(30)31)23(28)25-22-17(3)7-6-8-19(22)24(29)26-12-4-5-13-26/h6-10,15-16H,4-5,11-14H2,1-3H3,(H,25,28). The van der Waals surface area contributed by atoms with Gasteiger partial charge in [0, 0.05) is 24.7 Å². The molecule has 2 amide bonds. The van der Waals surface area contributed by atoms with Crippen molar-refractivity contribution in [2.45, 2.75) is 44.9 Å². The molecule has 1 aliphatic heterocycles. The minimum atomic E-state index is -0.475. The number of hydrogen-bond acceptors (Lipinski definition) is 5. The van der Waals surface area contributed by atoms with Gasteiger partial charge >= 0.3 is 0 Å². The number of nitrogens with zero attached hydrogens (tertiary/aromatic N) is 2. The molecular weight excluding hydrogens is 426 g/mol. The summed E-state index contributed by atoms with van der Waals surface area (Å²) in [5, 5.41) is 14.4. The number of hydrogen-bond donors (Lipinski definition) is 1. The van der Waals surface area contributed by atoms with Crippen LogP contribution in [0.1, 0.15) is 59.4 Å². The van der Waals surface area contributed by atoms with Gasteiger partial charge in [0.15, 0.2) is 0 Å². The van der Waals surface area contributed by atoms with Crippen LogP contribution in [0.15, 0.2) is 41.3 Å². The number of aryl methyl sites for hydroxylation is 1.